The smallest absolute Gasteiger partial charge is 0.357 e. The SMILES string of the molecule is COC(=O)c1c(N)c(C#N)cn1-c1ccc(OCc2ccccc2)cc1C. The molecule has 0 saturated carbocycles. The molecule has 0 saturated heterocycles. The summed E-state index contributed by atoms with van der Waals surface area (Å²) >= 11 is 0. The van der Waals surface area contributed by atoms with Crippen molar-refractivity contribution in [1.29, 1.82) is 5.26 Å². The standard InChI is InChI=1S/C21H19N3O3/c1-14-10-17(27-13-15-6-4-3-5-7-15)8-9-18(14)24-12-16(11-22)19(23)20(24)21(25)26-2/h3-10,12H,13,23H2,1-2H3. The zero-order valence-corrected chi connectivity index (χ0v) is 15.1. The van der Waals surface area contributed by atoms with Crippen LogP contribution in [0.2, 0.25) is 0 Å². The van der Waals surface area contributed by atoms with Crippen LogP contribution in [0.1, 0.15) is 27.2 Å². The maximum Gasteiger partial charge on any atom is 0.357 e. The average molecular weight is 361 g/mol. The number of aryl methyl sites for hydroxylation is 1. The van der Waals surface area contributed by atoms with Crippen molar-refractivity contribution in [3.05, 3.63) is 77.1 Å². The van der Waals surface area contributed by atoms with E-state index in [0.29, 0.717) is 12.4 Å². The molecular weight excluding hydrogens is 342 g/mol. The van der Waals surface area contributed by atoms with Gasteiger partial charge < -0.3 is 19.8 Å². The van der Waals surface area contributed by atoms with E-state index in [-0.39, 0.29) is 16.9 Å². The van der Waals surface area contributed by atoms with Gasteiger partial charge in [0.05, 0.1) is 18.4 Å². The lowest BCUT2D eigenvalue weighted by Gasteiger charge is -2.13. The van der Waals surface area contributed by atoms with E-state index >= 15 is 0 Å². The monoisotopic (exact) mass is 361 g/mol. The van der Waals surface area contributed by atoms with E-state index in [2.05, 4.69) is 0 Å². The van der Waals surface area contributed by atoms with Gasteiger partial charge in [0.2, 0.25) is 0 Å². The van der Waals surface area contributed by atoms with Gasteiger partial charge >= 0.3 is 5.97 Å². The number of ether oxygens (including phenoxy) is 2. The van der Waals surface area contributed by atoms with Gasteiger partial charge in [-0.25, -0.2) is 4.79 Å². The summed E-state index contributed by atoms with van der Waals surface area (Å²) in [6, 6.07) is 17.4. The van der Waals surface area contributed by atoms with E-state index in [1.165, 1.54) is 13.3 Å². The van der Waals surface area contributed by atoms with Gasteiger partial charge in [-0.2, -0.15) is 5.26 Å². The summed E-state index contributed by atoms with van der Waals surface area (Å²) in [5, 5.41) is 9.23. The molecule has 0 unspecified atom stereocenters. The number of carbonyl (C=O) groups is 1. The summed E-state index contributed by atoms with van der Waals surface area (Å²) in [7, 11) is 1.28. The lowest BCUT2D eigenvalue weighted by atomic mass is 10.2. The largest absolute Gasteiger partial charge is 0.489 e. The van der Waals surface area contributed by atoms with Crippen LogP contribution in [0.5, 0.6) is 5.75 Å². The molecular formula is C21H19N3O3. The quantitative estimate of drug-likeness (QED) is 0.701. The van der Waals surface area contributed by atoms with Gasteiger partial charge in [0, 0.05) is 11.9 Å². The van der Waals surface area contributed by atoms with Gasteiger partial charge in [-0.05, 0) is 36.2 Å². The Labute approximate surface area is 157 Å². The molecule has 3 rings (SSSR count). The van der Waals surface area contributed by atoms with E-state index in [1.807, 2.05) is 61.5 Å². The molecule has 27 heavy (non-hydrogen) atoms. The summed E-state index contributed by atoms with van der Waals surface area (Å²) < 4.78 is 12.2. The third-order valence-corrected chi connectivity index (χ3v) is 4.22. The molecule has 0 amide bonds. The van der Waals surface area contributed by atoms with E-state index in [4.69, 9.17) is 15.2 Å². The number of esters is 1. The fourth-order valence-corrected chi connectivity index (χ4v) is 2.83. The molecule has 2 N–H and O–H groups in total. The number of carbonyl (C=O) groups excluding carboxylic acids is 1. The van der Waals surface area contributed by atoms with Gasteiger partial charge in [0.15, 0.2) is 5.69 Å². The van der Waals surface area contributed by atoms with Crippen LogP contribution in [0.25, 0.3) is 5.69 Å². The summed E-state index contributed by atoms with van der Waals surface area (Å²) in [5.74, 6) is 0.109. The third kappa shape index (κ3) is 3.62. The first-order valence-corrected chi connectivity index (χ1v) is 8.32. The second-order valence-electron chi connectivity index (χ2n) is 6.00. The second kappa shape index (κ2) is 7.67. The van der Waals surface area contributed by atoms with Crippen molar-refractivity contribution in [3.63, 3.8) is 0 Å². The highest BCUT2D eigenvalue weighted by Crippen LogP contribution is 2.28. The Hall–Kier alpha value is -3.72. The summed E-state index contributed by atoms with van der Waals surface area (Å²) in [6.45, 7) is 2.36. The molecule has 0 spiro atoms. The Bertz CT molecular complexity index is 1020. The number of anilines is 1. The highest BCUT2D eigenvalue weighted by molar-refractivity contribution is 5.96. The molecule has 3 aromatic rings. The van der Waals surface area contributed by atoms with Gasteiger partial charge in [0.25, 0.3) is 0 Å². The number of methoxy groups -OCH3 is 1. The fourth-order valence-electron chi connectivity index (χ4n) is 2.83. The first-order chi connectivity index (χ1) is 13.0. The number of hydrogen-bond donors (Lipinski definition) is 1. The van der Waals surface area contributed by atoms with Crippen molar-refractivity contribution in [2.24, 2.45) is 0 Å². The predicted molar refractivity (Wildman–Crippen MR) is 102 cm³/mol. The van der Waals surface area contributed by atoms with Crippen molar-refractivity contribution in [2.45, 2.75) is 13.5 Å². The van der Waals surface area contributed by atoms with E-state index in [0.717, 1.165) is 16.8 Å². The van der Waals surface area contributed by atoms with Crippen LogP contribution < -0.4 is 10.5 Å². The van der Waals surface area contributed by atoms with Crippen LogP contribution >= 0.6 is 0 Å². The van der Waals surface area contributed by atoms with Crippen molar-refractivity contribution in [3.8, 4) is 17.5 Å². The normalized spacial score (nSPS) is 10.3. The van der Waals surface area contributed by atoms with Gasteiger partial charge in [-0.15, -0.1) is 0 Å². The zero-order valence-electron chi connectivity index (χ0n) is 15.1. The number of nitrogens with zero attached hydrogens (tertiary/aromatic N) is 2. The molecule has 0 aliphatic carbocycles. The highest BCUT2D eigenvalue weighted by Gasteiger charge is 2.22. The van der Waals surface area contributed by atoms with Crippen LogP contribution in [-0.4, -0.2) is 17.6 Å². The number of nitrogen functional groups attached to an aromatic ring is 1. The number of benzene rings is 2. The lowest BCUT2D eigenvalue weighted by Crippen LogP contribution is -2.11. The van der Waals surface area contributed by atoms with Crippen molar-refractivity contribution < 1.29 is 14.3 Å². The Morgan fingerprint density at radius 2 is 1.96 bits per heavy atom. The number of rotatable bonds is 5. The lowest BCUT2D eigenvalue weighted by molar-refractivity contribution is 0.0593. The first-order valence-electron chi connectivity index (χ1n) is 8.32. The molecule has 2 aromatic carbocycles. The molecule has 6 heteroatoms. The van der Waals surface area contributed by atoms with Crippen LogP contribution in [0.3, 0.4) is 0 Å². The van der Waals surface area contributed by atoms with E-state index in [1.54, 1.807) is 4.57 Å². The number of nitrogens with two attached hydrogens (primary N) is 1. The Balaban J connectivity index is 1.92. The minimum Gasteiger partial charge on any atom is -0.489 e. The van der Waals surface area contributed by atoms with Crippen molar-refractivity contribution >= 4 is 11.7 Å². The predicted octanol–water partition coefficient (Wildman–Crippen LogP) is 3.61. The minimum atomic E-state index is -0.599. The third-order valence-electron chi connectivity index (χ3n) is 4.22. The Kier molecular flexibility index (Phi) is 5.13. The molecule has 0 aliphatic rings. The van der Waals surface area contributed by atoms with Crippen molar-refractivity contribution in [1.82, 2.24) is 4.57 Å². The van der Waals surface area contributed by atoms with Crippen LogP contribution in [0.15, 0.2) is 54.7 Å². The van der Waals surface area contributed by atoms with E-state index in [9.17, 15) is 10.1 Å². The summed E-state index contributed by atoms with van der Waals surface area (Å²) in [6.07, 6.45) is 1.54. The number of aromatic nitrogens is 1. The second-order valence-corrected chi connectivity index (χ2v) is 6.00. The van der Waals surface area contributed by atoms with Gasteiger partial charge in [-0.3, -0.25) is 0 Å². The summed E-state index contributed by atoms with van der Waals surface area (Å²) in [5.41, 5.74) is 9.07. The average Bonchev–Trinajstić information content (AvgIpc) is 3.02. The molecule has 0 bridgehead atoms. The Morgan fingerprint density at radius 1 is 1.22 bits per heavy atom. The van der Waals surface area contributed by atoms with Crippen LogP contribution in [0, 0.1) is 18.3 Å². The number of hydrogen-bond acceptors (Lipinski definition) is 5. The van der Waals surface area contributed by atoms with Gasteiger partial charge in [0.1, 0.15) is 18.4 Å². The molecule has 6 nitrogen and oxygen atoms in total. The topological polar surface area (TPSA) is 90.3 Å². The van der Waals surface area contributed by atoms with Crippen LogP contribution in [-0.2, 0) is 11.3 Å². The maximum absolute atomic E-state index is 12.1. The zero-order chi connectivity index (χ0) is 19.4. The summed E-state index contributed by atoms with van der Waals surface area (Å²) in [4.78, 5) is 12.1. The molecule has 1 aromatic heterocycles. The first kappa shape index (κ1) is 18.1. The maximum atomic E-state index is 12.1. The minimum absolute atomic E-state index is 0.105. The van der Waals surface area contributed by atoms with E-state index < -0.39 is 5.97 Å². The molecule has 0 atom stereocenters. The highest BCUT2D eigenvalue weighted by atomic mass is 16.5. The molecule has 136 valence electrons. The fraction of sp³-hybridized carbons (Fsp3) is 0.143. The molecule has 0 aliphatic heterocycles. The van der Waals surface area contributed by atoms with Crippen LogP contribution in [0.4, 0.5) is 5.69 Å². The Morgan fingerprint density at radius 3 is 2.59 bits per heavy atom. The molecule has 0 fully saturated rings. The molecule has 1 heterocycles. The molecule has 0 radical (unpaired) electrons. The van der Waals surface area contributed by atoms with Crippen molar-refractivity contribution in [2.75, 3.05) is 12.8 Å². The number of nitriles is 1. The van der Waals surface area contributed by atoms with Gasteiger partial charge in [-0.1, -0.05) is 30.3 Å².